The number of nitrogens with one attached hydrogen (secondary N) is 1. The van der Waals surface area contributed by atoms with Crippen LogP contribution in [0.2, 0.25) is 0 Å². The van der Waals surface area contributed by atoms with Crippen molar-refractivity contribution >= 4 is 11.8 Å². The number of hydrogen-bond acceptors (Lipinski definition) is 7. The lowest BCUT2D eigenvalue weighted by molar-refractivity contribution is 0.0151. The van der Waals surface area contributed by atoms with Gasteiger partial charge in [0, 0.05) is 23.8 Å². The van der Waals surface area contributed by atoms with Gasteiger partial charge in [0.05, 0.1) is 7.11 Å². The van der Waals surface area contributed by atoms with E-state index in [0.29, 0.717) is 34.9 Å². The van der Waals surface area contributed by atoms with Gasteiger partial charge in [-0.1, -0.05) is 19.9 Å². The van der Waals surface area contributed by atoms with Gasteiger partial charge in [0.2, 0.25) is 6.79 Å². The Kier molecular flexibility index (Phi) is 6.03. The first kappa shape index (κ1) is 20.6. The first-order valence-electron chi connectivity index (χ1n) is 9.19. The number of carbonyl (C=O) groups is 1. The Morgan fingerprint density at radius 3 is 2.66 bits per heavy atom. The zero-order valence-corrected chi connectivity index (χ0v) is 16.6. The number of benzene rings is 2. The Balaban J connectivity index is 1.81. The normalized spacial score (nSPS) is 13.7. The van der Waals surface area contributed by atoms with E-state index in [9.17, 15) is 15.0 Å². The van der Waals surface area contributed by atoms with Crippen LogP contribution in [-0.4, -0.2) is 36.8 Å². The fourth-order valence-electron chi connectivity index (χ4n) is 3.20. The van der Waals surface area contributed by atoms with Crippen molar-refractivity contribution in [3.8, 4) is 23.0 Å². The highest BCUT2D eigenvalue weighted by Crippen LogP contribution is 2.42. The zero-order valence-electron chi connectivity index (χ0n) is 16.6. The lowest BCUT2D eigenvalue weighted by Gasteiger charge is -2.34. The van der Waals surface area contributed by atoms with E-state index in [1.165, 1.54) is 13.2 Å². The monoisotopic (exact) mass is 403 g/mol. The maximum Gasteiger partial charge on any atom is 0.412 e. The fraction of sp³-hybridized carbons (Fsp3) is 0.381. The van der Waals surface area contributed by atoms with E-state index < -0.39 is 17.6 Å². The topological polar surface area (TPSA) is 106 Å². The second kappa shape index (κ2) is 8.48. The van der Waals surface area contributed by atoms with Crippen LogP contribution in [0.25, 0.3) is 0 Å². The van der Waals surface area contributed by atoms with Crippen molar-refractivity contribution in [2.24, 2.45) is 5.41 Å². The van der Waals surface area contributed by atoms with Crippen LogP contribution in [0.4, 0.5) is 10.5 Å². The number of ether oxygens (including phenoxy) is 4. The average Bonchev–Trinajstić information content (AvgIpc) is 3.13. The molecule has 0 aliphatic carbocycles. The number of anilines is 1. The number of amides is 1. The third kappa shape index (κ3) is 4.65. The highest BCUT2D eigenvalue weighted by molar-refractivity contribution is 5.85. The van der Waals surface area contributed by atoms with Crippen molar-refractivity contribution < 1.29 is 34.0 Å². The highest BCUT2D eigenvalue weighted by Gasteiger charge is 2.34. The summed E-state index contributed by atoms with van der Waals surface area (Å²) in [6.45, 7) is 3.83. The number of methoxy groups -OCH3 is 1. The molecule has 0 aromatic heterocycles. The van der Waals surface area contributed by atoms with Crippen molar-refractivity contribution in [1.82, 2.24) is 0 Å². The van der Waals surface area contributed by atoms with Gasteiger partial charge in [0.25, 0.3) is 0 Å². The van der Waals surface area contributed by atoms with Crippen LogP contribution >= 0.6 is 0 Å². The molecule has 1 aliphatic rings. The van der Waals surface area contributed by atoms with Crippen LogP contribution in [-0.2, 0) is 4.74 Å². The maximum atomic E-state index is 12.6. The predicted octanol–water partition coefficient (Wildman–Crippen LogP) is 3.83. The van der Waals surface area contributed by atoms with Crippen molar-refractivity contribution in [1.29, 1.82) is 0 Å². The summed E-state index contributed by atoms with van der Waals surface area (Å²) in [6.07, 6.45) is -1.00. The molecule has 0 fully saturated rings. The van der Waals surface area contributed by atoms with Crippen LogP contribution in [0.5, 0.6) is 23.0 Å². The Bertz CT molecular complexity index is 881. The minimum Gasteiger partial charge on any atom is -0.504 e. The molecular formula is C21H25NO7. The SMILES string of the molecule is COc1ccc([C@@H](OC(=O)Nc2ccc3c(c2)OCO3)C(C)(C)CCO)cc1O. The van der Waals surface area contributed by atoms with E-state index in [-0.39, 0.29) is 19.1 Å². The summed E-state index contributed by atoms with van der Waals surface area (Å²) >= 11 is 0. The highest BCUT2D eigenvalue weighted by atomic mass is 16.7. The van der Waals surface area contributed by atoms with Crippen molar-refractivity contribution in [2.45, 2.75) is 26.4 Å². The van der Waals surface area contributed by atoms with Gasteiger partial charge in [0.15, 0.2) is 23.0 Å². The van der Waals surface area contributed by atoms with Crippen LogP contribution in [0.15, 0.2) is 36.4 Å². The van der Waals surface area contributed by atoms with Crippen LogP contribution < -0.4 is 19.5 Å². The van der Waals surface area contributed by atoms with Gasteiger partial charge in [0.1, 0.15) is 6.10 Å². The standard InChI is InChI=1S/C21H25NO7/c1-21(2,8-9-23)19(13-4-6-16(26-3)15(24)10-13)29-20(25)22-14-5-7-17-18(11-14)28-12-27-17/h4-7,10-11,19,23-24H,8-9,12H2,1-3H3,(H,22,25)/t19-/m1/s1. The Labute approximate surface area is 169 Å². The van der Waals surface area contributed by atoms with Gasteiger partial charge in [-0.25, -0.2) is 4.79 Å². The molecule has 1 atom stereocenters. The summed E-state index contributed by atoms with van der Waals surface area (Å²) in [4.78, 5) is 12.6. The minimum atomic E-state index is -0.722. The van der Waals surface area contributed by atoms with Gasteiger partial charge < -0.3 is 29.2 Å². The molecule has 1 amide bonds. The number of phenols is 1. The minimum absolute atomic E-state index is 0.0606. The van der Waals surface area contributed by atoms with Crippen molar-refractivity contribution in [3.63, 3.8) is 0 Å². The smallest absolute Gasteiger partial charge is 0.412 e. The molecule has 156 valence electrons. The van der Waals surface area contributed by atoms with E-state index >= 15 is 0 Å². The summed E-state index contributed by atoms with van der Waals surface area (Å²) in [6, 6.07) is 9.85. The van der Waals surface area contributed by atoms with Gasteiger partial charge in [-0.2, -0.15) is 0 Å². The van der Waals surface area contributed by atoms with Crippen LogP contribution in [0.1, 0.15) is 31.9 Å². The molecule has 8 heteroatoms. The first-order valence-corrected chi connectivity index (χ1v) is 9.19. The third-order valence-electron chi connectivity index (χ3n) is 4.82. The molecule has 0 saturated carbocycles. The Morgan fingerprint density at radius 1 is 1.21 bits per heavy atom. The molecule has 0 unspecified atom stereocenters. The van der Waals surface area contributed by atoms with Crippen molar-refractivity contribution in [2.75, 3.05) is 25.8 Å². The lowest BCUT2D eigenvalue weighted by Crippen LogP contribution is -2.29. The Hall–Kier alpha value is -3.13. The number of aliphatic hydroxyl groups is 1. The molecule has 3 rings (SSSR count). The molecule has 0 bridgehead atoms. The number of aliphatic hydroxyl groups excluding tert-OH is 1. The molecule has 2 aromatic carbocycles. The van der Waals surface area contributed by atoms with E-state index in [1.807, 2.05) is 13.8 Å². The molecule has 1 heterocycles. The number of carbonyl (C=O) groups excluding carboxylic acids is 1. The van der Waals surface area contributed by atoms with Gasteiger partial charge in [-0.3, -0.25) is 5.32 Å². The summed E-state index contributed by atoms with van der Waals surface area (Å²) in [5, 5.41) is 22.3. The largest absolute Gasteiger partial charge is 0.504 e. The van der Waals surface area contributed by atoms with Gasteiger partial charge in [-0.05, 0) is 36.2 Å². The number of aromatic hydroxyl groups is 1. The van der Waals surface area contributed by atoms with Gasteiger partial charge >= 0.3 is 6.09 Å². The number of fused-ring (bicyclic) bond motifs is 1. The van der Waals surface area contributed by atoms with Crippen LogP contribution in [0.3, 0.4) is 0 Å². The zero-order chi connectivity index (χ0) is 21.0. The summed E-state index contributed by atoms with van der Waals surface area (Å²) in [5.74, 6) is 1.41. The van der Waals surface area contributed by atoms with E-state index in [4.69, 9.17) is 18.9 Å². The molecular weight excluding hydrogens is 378 g/mol. The quantitative estimate of drug-likeness (QED) is 0.645. The molecule has 1 aliphatic heterocycles. The number of hydrogen-bond donors (Lipinski definition) is 3. The van der Waals surface area contributed by atoms with Crippen LogP contribution in [0, 0.1) is 5.41 Å². The van der Waals surface area contributed by atoms with Crippen molar-refractivity contribution in [3.05, 3.63) is 42.0 Å². The van der Waals surface area contributed by atoms with E-state index in [2.05, 4.69) is 5.32 Å². The molecule has 0 spiro atoms. The molecule has 8 nitrogen and oxygen atoms in total. The second-order valence-corrected chi connectivity index (χ2v) is 7.37. The Morgan fingerprint density at radius 2 is 1.97 bits per heavy atom. The summed E-state index contributed by atoms with van der Waals surface area (Å²) in [5.41, 5.74) is 0.486. The first-order chi connectivity index (χ1) is 13.8. The molecule has 3 N–H and O–H groups in total. The number of rotatable bonds is 7. The number of phenolic OH excluding ortho intramolecular Hbond substituents is 1. The molecule has 0 radical (unpaired) electrons. The third-order valence-corrected chi connectivity index (χ3v) is 4.82. The lowest BCUT2D eigenvalue weighted by atomic mass is 9.80. The molecule has 0 saturated heterocycles. The molecule has 29 heavy (non-hydrogen) atoms. The maximum absolute atomic E-state index is 12.6. The summed E-state index contributed by atoms with van der Waals surface area (Å²) in [7, 11) is 1.46. The van der Waals surface area contributed by atoms with E-state index in [0.717, 1.165) is 0 Å². The second-order valence-electron chi connectivity index (χ2n) is 7.37. The van der Waals surface area contributed by atoms with E-state index in [1.54, 1.807) is 30.3 Å². The predicted molar refractivity (Wildman–Crippen MR) is 106 cm³/mol. The summed E-state index contributed by atoms with van der Waals surface area (Å²) < 4.78 is 21.4. The van der Waals surface area contributed by atoms with Gasteiger partial charge in [-0.15, -0.1) is 0 Å². The fourth-order valence-corrected chi connectivity index (χ4v) is 3.20. The average molecular weight is 403 g/mol. The molecule has 2 aromatic rings.